The zero-order valence-corrected chi connectivity index (χ0v) is 15.0. The van der Waals surface area contributed by atoms with E-state index in [4.69, 9.17) is 32.7 Å². The van der Waals surface area contributed by atoms with Gasteiger partial charge in [-0.1, -0.05) is 47.1 Å². The number of aromatic nitrogens is 1. The molecule has 1 aromatic heterocycles. The average Bonchev–Trinajstić information content (AvgIpc) is 3.01. The van der Waals surface area contributed by atoms with Crippen LogP contribution < -0.4 is 0 Å². The lowest BCUT2D eigenvalue weighted by molar-refractivity contribution is 0.296. The zero-order chi connectivity index (χ0) is 16.9. The molecule has 0 atom stereocenters. The Bertz CT molecular complexity index is 738. The third-order valence-electron chi connectivity index (χ3n) is 3.36. The Morgan fingerprint density at radius 2 is 1.50 bits per heavy atom. The predicted octanol–water partition coefficient (Wildman–Crippen LogP) is 5.79. The van der Waals surface area contributed by atoms with Gasteiger partial charge >= 0.3 is 0 Å². The fraction of sp³-hybridized carbons (Fsp3) is 0.167. The lowest BCUT2D eigenvalue weighted by Crippen LogP contribution is -1.85. The van der Waals surface area contributed by atoms with E-state index in [0.717, 1.165) is 22.6 Å². The molecule has 24 heavy (non-hydrogen) atoms. The molecule has 0 spiro atoms. The fourth-order valence-corrected chi connectivity index (χ4v) is 3.18. The molecule has 0 amide bonds. The predicted molar refractivity (Wildman–Crippen MR) is 99.8 cm³/mol. The average molecular weight is 380 g/mol. The zero-order valence-electron chi connectivity index (χ0n) is 12.7. The summed E-state index contributed by atoms with van der Waals surface area (Å²) in [7, 11) is 0. The van der Waals surface area contributed by atoms with E-state index in [1.54, 1.807) is 0 Å². The van der Waals surface area contributed by atoms with Crippen LogP contribution in [0.1, 0.15) is 6.42 Å². The van der Waals surface area contributed by atoms with Crippen LogP contribution in [0.15, 0.2) is 58.2 Å². The van der Waals surface area contributed by atoms with Gasteiger partial charge in [-0.15, -0.1) is 0 Å². The van der Waals surface area contributed by atoms with E-state index in [9.17, 15) is 0 Å². The van der Waals surface area contributed by atoms with Gasteiger partial charge in [0.1, 0.15) is 5.69 Å². The topological polar surface area (TPSA) is 46.3 Å². The standard InChI is InChI=1S/C18H15Cl2NO2S/c19-14-6-2-12(3-7-14)16-17(13-4-8-15(20)9-5-13)23-18(21-16)24-11-1-10-22/h2-9,22H,1,10-11H2. The van der Waals surface area contributed by atoms with Crippen molar-refractivity contribution in [2.75, 3.05) is 12.4 Å². The third kappa shape index (κ3) is 4.14. The van der Waals surface area contributed by atoms with Gasteiger partial charge in [-0.3, -0.25) is 0 Å². The Labute approximate surface area is 154 Å². The molecule has 0 saturated heterocycles. The van der Waals surface area contributed by atoms with Gasteiger partial charge < -0.3 is 9.52 Å². The van der Waals surface area contributed by atoms with E-state index in [1.807, 2.05) is 48.5 Å². The maximum absolute atomic E-state index is 8.92. The van der Waals surface area contributed by atoms with Crippen LogP contribution in [-0.2, 0) is 0 Å². The first-order chi connectivity index (χ1) is 11.7. The number of thioether (sulfide) groups is 1. The molecule has 6 heteroatoms. The number of nitrogens with zero attached hydrogens (tertiary/aromatic N) is 1. The molecular formula is C18H15Cl2NO2S. The van der Waals surface area contributed by atoms with Crippen molar-refractivity contribution in [2.45, 2.75) is 11.6 Å². The number of benzene rings is 2. The van der Waals surface area contributed by atoms with Crippen LogP contribution >= 0.6 is 35.0 Å². The van der Waals surface area contributed by atoms with Crippen LogP contribution in [0.5, 0.6) is 0 Å². The molecule has 3 aromatic rings. The lowest BCUT2D eigenvalue weighted by atomic mass is 10.1. The van der Waals surface area contributed by atoms with Crippen molar-refractivity contribution in [1.29, 1.82) is 0 Å². The van der Waals surface area contributed by atoms with Crippen LogP contribution in [0, 0.1) is 0 Å². The van der Waals surface area contributed by atoms with E-state index in [-0.39, 0.29) is 6.61 Å². The largest absolute Gasteiger partial charge is 0.431 e. The molecule has 2 aromatic carbocycles. The molecule has 0 radical (unpaired) electrons. The Morgan fingerprint density at radius 1 is 0.917 bits per heavy atom. The molecule has 0 aliphatic heterocycles. The highest BCUT2D eigenvalue weighted by Crippen LogP contribution is 2.36. The van der Waals surface area contributed by atoms with E-state index in [1.165, 1.54) is 11.8 Å². The summed E-state index contributed by atoms with van der Waals surface area (Å²) in [6.45, 7) is 0.155. The van der Waals surface area contributed by atoms with Crippen LogP contribution in [0.3, 0.4) is 0 Å². The van der Waals surface area contributed by atoms with Crippen molar-refractivity contribution < 1.29 is 9.52 Å². The number of oxazole rings is 1. The van der Waals surface area contributed by atoms with E-state index < -0.39 is 0 Å². The van der Waals surface area contributed by atoms with Crippen molar-refractivity contribution in [2.24, 2.45) is 0 Å². The highest BCUT2D eigenvalue weighted by molar-refractivity contribution is 7.99. The summed E-state index contributed by atoms with van der Waals surface area (Å²) < 4.78 is 5.97. The first kappa shape index (κ1) is 17.4. The molecule has 0 unspecified atom stereocenters. The Morgan fingerprint density at radius 3 is 2.08 bits per heavy atom. The molecule has 1 heterocycles. The van der Waals surface area contributed by atoms with Crippen molar-refractivity contribution in [3.63, 3.8) is 0 Å². The second-order valence-corrected chi connectivity index (χ2v) is 7.02. The molecule has 3 rings (SSSR count). The first-order valence-electron chi connectivity index (χ1n) is 7.44. The van der Waals surface area contributed by atoms with Gasteiger partial charge in [0.25, 0.3) is 5.22 Å². The number of aliphatic hydroxyl groups is 1. The molecule has 0 aliphatic rings. The molecule has 0 aliphatic carbocycles. The van der Waals surface area contributed by atoms with Gasteiger partial charge in [0.05, 0.1) is 0 Å². The number of rotatable bonds is 6. The van der Waals surface area contributed by atoms with Crippen molar-refractivity contribution >= 4 is 35.0 Å². The summed E-state index contributed by atoms with van der Waals surface area (Å²) in [4.78, 5) is 4.62. The quantitative estimate of drug-likeness (QED) is 0.434. The SMILES string of the molecule is OCCCSc1nc(-c2ccc(Cl)cc2)c(-c2ccc(Cl)cc2)o1. The normalized spacial score (nSPS) is 11.0. The Kier molecular flexibility index (Phi) is 5.85. The molecular weight excluding hydrogens is 365 g/mol. The molecule has 0 saturated carbocycles. The van der Waals surface area contributed by atoms with Crippen molar-refractivity contribution in [1.82, 2.24) is 4.98 Å². The smallest absolute Gasteiger partial charge is 0.256 e. The highest BCUT2D eigenvalue weighted by atomic mass is 35.5. The van der Waals surface area contributed by atoms with Gasteiger partial charge in [0.2, 0.25) is 0 Å². The molecule has 0 fully saturated rings. The molecule has 3 nitrogen and oxygen atoms in total. The minimum Gasteiger partial charge on any atom is -0.431 e. The highest BCUT2D eigenvalue weighted by Gasteiger charge is 2.17. The van der Waals surface area contributed by atoms with Crippen LogP contribution in [0.25, 0.3) is 22.6 Å². The summed E-state index contributed by atoms with van der Waals surface area (Å²) in [6, 6.07) is 15.0. The van der Waals surface area contributed by atoms with Gasteiger partial charge in [-0.05, 0) is 42.8 Å². The fourth-order valence-electron chi connectivity index (χ4n) is 2.19. The van der Waals surface area contributed by atoms with Crippen LogP contribution in [0.4, 0.5) is 0 Å². The van der Waals surface area contributed by atoms with E-state index >= 15 is 0 Å². The second-order valence-electron chi connectivity index (χ2n) is 5.10. The van der Waals surface area contributed by atoms with Crippen LogP contribution in [-0.4, -0.2) is 22.5 Å². The van der Waals surface area contributed by atoms with Gasteiger partial charge in [-0.25, -0.2) is 4.98 Å². The van der Waals surface area contributed by atoms with E-state index in [2.05, 4.69) is 4.98 Å². The van der Waals surface area contributed by atoms with Gasteiger partial charge in [0, 0.05) is 33.5 Å². The summed E-state index contributed by atoms with van der Waals surface area (Å²) in [5, 5.41) is 10.8. The summed E-state index contributed by atoms with van der Waals surface area (Å²) in [5.41, 5.74) is 2.61. The number of halogens is 2. The molecule has 0 bridgehead atoms. The first-order valence-corrected chi connectivity index (χ1v) is 9.18. The van der Waals surface area contributed by atoms with Crippen molar-refractivity contribution in [3.8, 4) is 22.6 Å². The van der Waals surface area contributed by atoms with Gasteiger partial charge in [-0.2, -0.15) is 0 Å². The van der Waals surface area contributed by atoms with E-state index in [0.29, 0.717) is 27.4 Å². The third-order valence-corrected chi connectivity index (χ3v) is 4.78. The lowest BCUT2D eigenvalue weighted by Gasteiger charge is -2.02. The summed E-state index contributed by atoms with van der Waals surface area (Å²) in [5.74, 6) is 1.44. The number of hydrogen-bond acceptors (Lipinski definition) is 4. The molecule has 124 valence electrons. The minimum absolute atomic E-state index is 0.155. The second kappa shape index (κ2) is 8.08. The van der Waals surface area contributed by atoms with Gasteiger partial charge in [0.15, 0.2) is 5.76 Å². The number of hydrogen-bond donors (Lipinski definition) is 1. The van der Waals surface area contributed by atoms with Crippen molar-refractivity contribution in [3.05, 3.63) is 58.6 Å². The number of aliphatic hydroxyl groups excluding tert-OH is 1. The maximum Gasteiger partial charge on any atom is 0.256 e. The summed E-state index contributed by atoms with van der Waals surface area (Å²) >= 11 is 13.4. The molecule has 1 N–H and O–H groups in total. The maximum atomic E-state index is 8.92. The summed E-state index contributed by atoms with van der Waals surface area (Å²) in [6.07, 6.45) is 0.694. The van der Waals surface area contributed by atoms with Crippen LogP contribution in [0.2, 0.25) is 10.0 Å². The Balaban J connectivity index is 2.00. The minimum atomic E-state index is 0.155. The monoisotopic (exact) mass is 379 g/mol. The Hall–Kier alpha value is -1.46.